The van der Waals surface area contributed by atoms with Gasteiger partial charge >= 0.3 is 0 Å². The molecular weight excluding hydrogens is 486 g/mol. The Morgan fingerprint density at radius 3 is 1.75 bits per heavy atom. The molecule has 186 valence electrons. The third kappa shape index (κ3) is 3.71. The lowest BCUT2D eigenvalue weighted by atomic mass is 9.95. The summed E-state index contributed by atoms with van der Waals surface area (Å²) in [6.07, 6.45) is 0. The molecule has 0 aliphatic rings. The van der Waals surface area contributed by atoms with Gasteiger partial charge in [0.1, 0.15) is 0 Å². The van der Waals surface area contributed by atoms with E-state index in [-0.39, 0.29) is 0 Å². The predicted molar refractivity (Wildman–Crippen MR) is 166 cm³/mol. The number of fused-ring (bicyclic) bond motifs is 6. The summed E-state index contributed by atoms with van der Waals surface area (Å²) in [5.41, 5.74) is 2.93. The molecule has 0 amide bonds. The fourth-order valence-electron chi connectivity index (χ4n) is 5.72. The number of hydrogen-bond acceptors (Lipinski definition) is 3. The summed E-state index contributed by atoms with van der Waals surface area (Å²) in [6.45, 7) is 0. The molecule has 0 aliphatic heterocycles. The van der Waals surface area contributed by atoms with Crippen molar-refractivity contribution in [3.63, 3.8) is 0 Å². The summed E-state index contributed by atoms with van der Waals surface area (Å²) >= 11 is 0. The zero-order valence-corrected chi connectivity index (χ0v) is 21.6. The van der Waals surface area contributed by atoms with Crippen LogP contribution in [0.5, 0.6) is 0 Å². The second-order valence-corrected chi connectivity index (χ2v) is 10.1. The van der Waals surface area contributed by atoms with Gasteiger partial charge in [0.25, 0.3) is 0 Å². The third-order valence-electron chi connectivity index (χ3n) is 7.70. The molecule has 1 heterocycles. The van der Waals surface area contributed by atoms with E-state index in [9.17, 15) is 0 Å². The van der Waals surface area contributed by atoms with E-state index >= 15 is 0 Å². The van der Waals surface area contributed by atoms with Gasteiger partial charge in [-0.15, -0.1) is 0 Å². The van der Waals surface area contributed by atoms with Gasteiger partial charge in [0.05, 0.1) is 0 Å². The Morgan fingerprint density at radius 2 is 0.875 bits per heavy atom. The molecule has 0 spiro atoms. The van der Waals surface area contributed by atoms with E-state index < -0.39 is 0 Å². The highest BCUT2D eigenvalue weighted by molar-refractivity contribution is 6.19. The van der Waals surface area contributed by atoms with Crippen LogP contribution in [0.2, 0.25) is 0 Å². The maximum absolute atomic E-state index is 5.06. The van der Waals surface area contributed by atoms with E-state index in [1.807, 2.05) is 30.3 Å². The predicted octanol–water partition coefficient (Wildman–Crippen LogP) is 9.49. The van der Waals surface area contributed by atoms with Gasteiger partial charge < -0.3 is 0 Å². The highest BCUT2D eigenvalue weighted by Crippen LogP contribution is 2.36. The lowest BCUT2D eigenvalue weighted by Crippen LogP contribution is -2.00. The maximum Gasteiger partial charge on any atom is 0.164 e. The molecule has 0 radical (unpaired) electrons. The highest BCUT2D eigenvalue weighted by atomic mass is 15.0. The molecular formula is C37H23N3. The summed E-state index contributed by atoms with van der Waals surface area (Å²) in [5.74, 6) is 2.00. The molecule has 40 heavy (non-hydrogen) atoms. The van der Waals surface area contributed by atoms with Gasteiger partial charge in [0.2, 0.25) is 0 Å². The van der Waals surface area contributed by atoms with Crippen LogP contribution in [0.1, 0.15) is 0 Å². The molecule has 0 aliphatic carbocycles. The van der Waals surface area contributed by atoms with Crippen molar-refractivity contribution < 1.29 is 0 Å². The molecule has 8 rings (SSSR count). The van der Waals surface area contributed by atoms with Crippen molar-refractivity contribution in [2.75, 3.05) is 0 Å². The largest absolute Gasteiger partial charge is 0.208 e. The SMILES string of the molecule is c1ccc(-c2nc(-c3ccc4ccccc4c3)nc(-c3cccc4c3ccc3c5ccccc5ccc43)n2)cc1. The van der Waals surface area contributed by atoms with Crippen LogP contribution >= 0.6 is 0 Å². The van der Waals surface area contributed by atoms with Gasteiger partial charge in [0.15, 0.2) is 17.5 Å². The van der Waals surface area contributed by atoms with Crippen molar-refractivity contribution >= 4 is 43.1 Å². The van der Waals surface area contributed by atoms with Crippen molar-refractivity contribution in [2.24, 2.45) is 0 Å². The van der Waals surface area contributed by atoms with E-state index in [0.29, 0.717) is 17.5 Å². The van der Waals surface area contributed by atoms with Crippen molar-refractivity contribution in [3.05, 3.63) is 140 Å². The van der Waals surface area contributed by atoms with Crippen LogP contribution in [-0.2, 0) is 0 Å². The number of nitrogens with zero attached hydrogens (tertiary/aromatic N) is 3. The molecule has 0 N–H and O–H groups in total. The zero-order chi connectivity index (χ0) is 26.5. The molecule has 0 saturated carbocycles. The fourth-order valence-corrected chi connectivity index (χ4v) is 5.72. The molecule has 0 fully saturated rings. The summed E-state index contributed by atoms with van der Waals surface area (Å²) in [4.78, 5) is 15.0. The maximum atomic E-state index is 5.06. The lowest BCUT2D eigenvalue weighted by Gasteiger charge is -2.12. The lowest BCUT2D eigenvalue weighted by molar-refractivity contribution is 1.08. The number of hydrogen-bond donors (Lipinski definition) is 0. The average molecular weight is 510 g/mol. The molecule has 8 aromatic rings. The standard InChI is InChI=1S/C37H23N3/c1-2-11-26(12-3-1)35-38-36(28-18-17-24-9-4-5-13-27(24)23-28)40-37(39-35)34-16-8-15-30-32-20-19-25-10-6-7-14-29(25)31(32)21-22-33(30)34/h1-23H. The molecule has 3 heteroatoms. The Labute approximate surface area is 231 Å². The van der Waals surface area contributed by atoms with Crippen molar-refractivity contribution in [1.29, 1.82) is 0 Å². The molecule has 0 unspecified atom stereocenters. The number of rotatable bonds is 3. The Morgan fingerprint density at radius 1 is 0.300 bits per heavy atom. The molecule has 3 nitrogen and oxygen atoms in total. The monoisotopic (exact) mass is 509 g/mol. The first-order valence-electron chi connectivity index (χ1n) is 13.5. The average Bonchev–Trinajstić information content (AvgIpc) is 3.04. The van der Waals surface area contributed by atoms with Gasteiger partial charge in [0, 0.05) is 16.7 Å². The van der Waals surface area contributed by atoms with Crippen molar-refractivity contribution in [3.8, 4) is 34.2 Å². The van der Waals surface area contributed by atoms with E-state index in [1.165, 1.54) is 32.3 Å². The minimum atomic E-state index is 0.664. The normalized spacial score (nSPS) is 11.5. The van der Waals surface area contributed by atoms with E-state index in [1.54, 1.807) is 0 Å². The Balaban J connectivity index is 1.38. The van der Waals surface area contributed by atoms with Crippen LogP contribution in [0, 0.1) is 0 Å². The first kappa shape index (κ1) is 22.6. The third-order valence-corrected chi connectivity index (χ3v) is 7.70. The van der Waals surface area contributed by atoms with E-state index in [2.05, 4.69) is 109 Å². The summed E-state index contributed by atoms with van der Waals surface area (Å²) in [7, 11) is 0. The van der Waals surface area contributed by atoms with Crippen LogP contribution in [-0.4, -0.2) is 15.0 Å². The van der Waals surface area contributed by atoms with Crippen LogP contribution in [0.25, 0.3) is 77.3 Å². The van der Waals surface area contributed by atoms with Crippen LogP contribution in [0.4, 0.5) is 0 Å². The number of aromatic nitrogens is 3. The second-order valence-electron chi connectivity index (χ2n) is 10.1. The molecule has 7 aromatic carbocycles. The zero-order valence-electron chi connectivity index (χ0n) is 21.6. The van der Waals surface area contributed by atoms with Gasteiger partial charge in [-0.2, -0.15) is 0 Å². The molecule has 0 atom stereocenters. The van der Waals surface area contributed by atoms with Gasteiger partial charge in [-0.05, 0) is 49.2 Å². The molecule has 0 bridgehead atoms. The second kappa shape index (κ2) is 9.11. The fraction of sp³-hybridized carbons (Fsp3) is 0. The van der Waals surface area contributed by atoms with Crippen LogP contribution in [0.3, 0.4) is 0 Å². The molecule has 1 aromatic heterocycles. The number of benzene rings is 7. The molecule has 0 saturated heterocycles. The smallest absolute Gasteiger partial charge is 0.164 e. The summed E-state index contributed by atoms with van der Waals surface area (Å²) in [6, 6.07) is 48.7. The highest BCUT2D eigenvalue weighted by Gasteiger charge is 2.15. The summed E-state index contributed by atoms with van der Waals surface area (Å²) < 4.78 is 0. The van der Waals surface area contributed by atoms with Crippen molar-refractivity contribution in [2.45, 2.75) is 0 Å². The topological polar surface area (TPSA) is 38.7 Å². The van der Waals surface area contributed by atoms with E-state index in [0.717, 1.165) is 27.5 Å². The first-order chi connectivity index (χ1) is 19.8. The van der Waals surface area contributed by atoms with Gasteiger partial charge in [-0.3, -0.25) is 0 Å². The van der Waals surface area contributed by atoms with E-state index in [4.69, 9.17) is 15.0 Å². The van der Waals surface area contributed by atoms with Gasteiger partial charge in [-0.1, -0.05) is 133 Å². The van der Waals surface area contributed by atoms with Crippen molar-refractivity contribution in [1.82, 2.24) is 15.0 Å². The first-order valence-corrected chi connectivity index (χ1v) is 13.5. The van der Waals surface area contributed by atoms with Gasteiger partial charge in [-0.25, -0.2) is 15.0 Å². The van der Waals surface area contributed by atoms with Crippen LogP contribution < -0.4 is 0 Å². The minimum absolute atomic E-state index is 0.664. The Bertz CT molecular complexity index is 2220. The quantitative estimate of drug-likeness (QED) is 0.223. The Kier molecular flexibility index (Phi) is 5.14. The Hall–Kier alpha value is -5.41. The van der Waals surface area contributed by atoms with Crippen LogP contribution in [0.15, 0.2) is 140 Å². The minimum Gasteiger partial charge on any atom is -0.208 e. The summed E-state index contributed by atoms with van der Waals surface area (Å²) in [5, 5.41) is 9.65.